The van der Waals surface area contributed by atoms with E-state index in [0.29, 0.717) is 12.0 Å². The minimum atomic E-state index is -4.16. The van der Waals surface area contributed by atoms with Gasteiger partial charge in [-0.15, -0.1) is 5.10 Å². The minimum absolute atomic E-state index is 0.155. The molecule has 0 radical (unpaired) electrons. The largest absolute Gasteiger partial charge is 0.389 e. The van der Waals surface area contributed by atoms with Gasteiger partial charge in [0.1, 0.15) is 5.82 Å². The maximum absolute atomic E-state index is 12.1. The first-order valence-corrected chi connectivity index (χ1v) is 5.90. The summed E-state index contributed by atoms with van der Waals surface area (Å²) in [4.78, 5) is 6.07. The van der Waals surface area contributed by atoms with Crippen molar-refractivity contribution in [2.24, 2.45) is 0 Å². The van der Waals surface area contributed by atoms with E-state index in [-0.39, 0.29) is 12.2 Å². The molecule has 0 spiro atoms. The molecule has 1 fully saturated rings. The smallest absolute Gasteiger partial charge is 0.337 e. The Labute approximate surface area is 103 Å². The van der Waals surface area contributed by atoms with Crippen LogP contribution in [-0.4, -0.2) is 47.0 Å². The summed E-state index contributed by atoms with van der Waals surface area (Å²) in [5.41, 5.74) is 0. The van der Waals surface area contributed by atoms with Crippen molar-refractivity contribution in [3.63, 3.8) is 0 Å². The third-order valence-electron chi connectivity index (χ3n) is 2.82. The Morgan fingerprint density at radius 1 is 1.44 bits per heavy atom. The Morgan fingerprint density at radius 3 is 2.89 bits per heavy atom. The molecule has 0 amide bonds. The van der Waals surface area contributed by atoms with Gasteiger partial charge in [-0.2, -0.15) is 18.2 Å². The number of H-pyrrole nitrogens is 1. The molecular weight excluding hydrogens is 247 g/mol. The van der Waals surface area contributed by atoms with Gasteiger partial charge in [0.05, 0.1) is 6.42 Å². The van der Waals surface area contributed by atoms with Gasteiger partial charge in [-0.25, -0.2) is 0 Å². The predicted octanol–water partition coefficient (Wildman–Crippen LogP) is 1.10. The highest BCUT2D eigenvalue weighted by atomic mass is 19.4. The lowest BCUT2D eigenvalue weighted by molar-refractivity contribution is -0.134. The molecular formula is C10H16F3N5. The summed E-state index contributed by atoms with van der Waals surface area (Å²) in [5.74, 6) is 0.772. The summed E-state index contributed by atoms with van der Waals surface area (Å²) in [7, 11) is 0. The lowest BCUT2D eigenvalue weighted by Crippen LogP contribution is -2.49. The summed E-state index contributed by atoms with van der Waals surface area (Å²) in [6.07, 6.45) is -5.19. The molecule has 0 aliphatic carbocycles. The Bertz CT molecular complexity index is 389. The monoisotopic (exact) mass is 263 g/mol. The number of anilines is 1. The Hall–Kier alpha value is -1.31. The highest BCUT2D eigenvalue weighted by Gasteiger charge is 2.27. The minimum Gasteiger partial charge on any atom is -0.337 e. The lowest BCUT2D eigenvalue weighted by Gasteiger charge is -2.30. The molecule has 2 heterocycles. The number of alkyl halides is 3. The number of piperazine rings is 1. The van der Waals surface area contributed by atoms with Crippen LogP contribution in [0.25, 0.3) is 0 Å². The standard InChI is InChI=1S/C10H16F3N5/c1-7-6-18(5-4-14-7)9-15-8(16-17-9)2-3-10(11,12)13/h7,14H,2-6H2,1H3,(H,15,16,17)/t7-/m1/s1. The van der Waals surface area contributed by atoms with E-state index in [2.05, 4.69) is 20.5 Å². The highest BCUT2D eigenvalue weighted by molar-refractivity contribution is 5.30. The van der Waals surface area contributed by atoms with Gasteiger partial charge in [0.2, 0.25) is 5.95 Å². The quantitative estimate of drug-likeness (QED) is 0.857. The fraction of sp³-hybridized carbons (Fsp3) is 0.800. The highest BCUT2D eigenvalue weighted by Crippen LogP contribution is 2.21. The summed E-state index contributed by atoms with van der Waals surface area (Å²) >= 11 is 0. The van der Waals surface area contributed by atoms with Crippen LogP contribution >= 0.6 is 0 Å². The van der Waals surface area contributed by atoms with Crippen molar-refractivity contribution < 1.29 is 13.2 Å². The predicted molar refractivity (Wildman–Crippen MR) is 60.4 cm³/mol. The SMILES string of the molecule is C[C@@H]1CN(c2n[nH]c(CCC(F)(F)F)n2)CCN1. The van der Waals surface area contributed by atoms with Crippen molar-refractivity contribution in [3.05, 3.63) is 5.82 Å². The van der Waals surface area contributed by atoms with Crippen LogP contribution in [0.4, 0.5) is 19.1 Å². The van der Waals surface area contributed by atoms with Crippen LogP contribution in [0.1, 0.15) is 19.2 Å². The molecule has 1 aromatic heterocycles. The zero-order valence-electron chi connectivity index (χ0n) is 10.1. The van der Waals surface area contributed by atoms with E-state index in [9.17, 15) is 13.2 Å². The molecule has 0 bridgehead atoms. The molecule has 2 rings (SSSR count). The number of aromatic amines is 1. The number of nitrogens with one attached hydrogen (secondary N) is 2. The fourth-order valence-corrected chi connectivity index (χ4v) is 1.91. The van der Waals surface area contributed by atoms with E-state index < -0.39 is 12.6 Å². The molecule has 1 aromatic rings. The van der Waals surface area contributed by atoms with Gasteiger partial charge in [-0.1, -0.05) is 0 Å². The van der Waals surface area contributed by atoms with Crippen LogP contribution in [0, 0.1) is 0 Å². The second kappa shape index (κ2) is 5.13. The first-order chi connectivity index (χ1) is 8.44. The molecule has 102 valence electrons. The molecule has 1 atom stereocenters. The van der Waals surface area contributed by atoms with Crippen molar-refractivity contribution in [2.45, 2.75) is 32.0 Å². The number of aryl methyl sites for hydroxylation is 1. The van der Waals surface area contributed by atoms with Gasteiger partial charge in [0, 0.05) is 32.1 Å². The third kappa shape index (κ3) is 3.59. The summed E-state index contributed by atoms with van der Waals surface area (Å²) in [6.45, 7) is 4.40. The molecule has 1 aliphatic rings. The number of hydrogen-bond acceptors (Lipinski definition) is 4. The van der Waals surface area contributed by atoms with Gasteiger partial charge >= 0.3 is 6.18 Å². The van der Waals surface area contributed by atoms with Gasteiger partial charge < -0.3 is 10.2 Å². The molecule has 8 heteroatoms. The Morgan fingerprint density at radius 2 is 2.22 bits per heavy atom. The van der Waals surface area contributed by atoms with Crippen molar-refractivity contribution in [1.29, 1.82) is 0 Å². The molecule has 0 saturated carbocycles. The van der Waals surface area contributed by atoms with Crippen LogP contribution in [-0.2, 0) is 6.42 Å². The number of rotatable bonds is 3. The second-order valence-corrected chi connectivity index (χ2v) is 4.50. The van der Waals surface area contributed by atoms with Crippen LogP contribution < -0.4 is 10.2 Å². The average molecular weight is 263 g/mol. The molecule has 2 N–H and O–H groups in total. The maximum Gasteiger partial charge on any atom is 0.389 e. The van der Waals surface area contributed by atoms with Gasteiger partial charge in [-0.3, -0.25) is 5.10 Å². The summed E-state index contributed by atoms with van der Waals surface area (Å²) in [6, 6.07) is 0.330. The normalized spacial score (nSPS) is 21.3. The molecule has 0 unspecified atom stereocenters. The van der Waals surface area contributed by atoms with E-state index in [1.54, 1.807) is 0 Å². The first kappa shape index (κ1) is 13.1. The number of aromatic nitrogens is 3. The molecule has 0 aromatic carbocycles. The Balaban J connectivity index is 1.93. The van der Waals surface area contributed by atoms with Crippen LogP contribution in [0.2, 0.25) is 0 Å². The number of hydrogen-bond donors (Lipinski definition) is 2. The molecule has 18 heavy (non-hydrogen) atoms. The maximum atomic E-state index is 12.1. The van der Waals surface area contributed by atoms with Crippen LogP contribution in [0.3, 0.4) is 0 Å². The van der Waals surface area contributed by atoms with Gasteiger partial charge in [-0.05, 0) is 6.92 Å². The van der Waals surface area contributed by atoms with E-state index in [0.717, 1.165) is 19.6 Å². The van der Waals surface area contributed by atoms with E-state index in [1.807, 2.05) is 11.8 Å². The Kier molecular flexibility index (Phi) is 3.74. The fourth-order valence-electron chi connectivity index (χ4n) is 1.91. The first-order valence-electron chi connectivity index (χ1n) is 5.90. The average Bonchev–Trinajstić information content (AvgIpc) is 2.74. The van der Waals surface area contributed by atoms with Gasteiger partial charge in [0.25, 0.3) is 0 Å². The topological polar surface area (TPSA) is 56.8 Å². The zero-order chi connectivity index (χ0) is 13.2. The van der Waals surface area contributed by atoms with Crippen molar-refractivity contribution >= 4 is 5.95 Å². The lowest BCUT2D eigenvalue weighted by atomic mass is 10.2. The van der Waals surface area contributed by atoms with E-state index >= 15 is 0 Å². The van der Waals surface area contributed by atoms with Crippen molar-refractivity contribution in [1.82, 2.24) is 20.5 Å². The van der Waals surface area contributed by atoms with Crippen LogP contribution in [0.15, 0.2) is 0 Å². The molecule has 1 aliphatic heterocycles. The summed E-state index contributed by atoms with van der Waals surface area (Å²) < 4.78 is 36.2. The van der Waals surface area contributed by atoms with Crippen LogP contribution in [0.5, 0.6) is 0 Å². The summed E-state index contributed by atoms with van der Waals surface area (Å²) in [5, 5.41) is 9.81. The van der Waals surface area contributed by atoms with E-state index in [1.165, 1.54) is 0 Å². The molecule has 5 nitrogen and oxygen atoms in total. The van der Waals surface area contributed by atoms with E-state index in [4.69, 9.17) is 0 Å². The van der Waals surface area contributed by atoms with Gasteiger partial charge in [0.15, 0.2) is 0 Å². The third-order valence-corrected chi connectivity index (χ3v) is 2.82. The molecule has 1 saturated heterocycles. The van der Waals surface area contributed by atoms with Crippen molar-refractivity contribution in [2.75, 3.05) is 24.5 Å². The number of nitrogens with zero attached hydrogens (tertiary/aromatic N) is 3. The number of halogens is 3. The zero-order valence-corrected chi connectivity index (χ0v) is 10.1. The second-order valence-electron chi connectivity index (χ2n) is 4.50. The van der Waals surface area contributed by atoms with Crippen molar-refractivity contribution in [3.8, 4) is 0 Å².